The number of nitrogens with zero attached hydrogens (tertiary/aromatic N) is 2. The number of allylic oxidation sites excluding steroid dienone is 1. The second kappa shape index (κ2) is 11.0. The number of pyridine rings is 1. The van der Waals surface area contributed by atoms with Gasteiger partial charge in [0.25, 0.3) is 0 Å². The van der Waals surface area contributed by atoms with Crippen LogP contribution in [0.4, 0.5) is 5.82 Å². The molecule has 5 nitrogen and oxygen atoms in total. The monoisotopic (exact) mass is 487 g/mol. The molecular weight excluding hydrogens is 458 g/mol. The fourth-order valence-corrected chi connectivity index (χ4v) is 4.68. The van der Waals surface area contributed by atoms with Crippen molar-refractivity contribution in [3.63, 3.8) is 0 Å². The Labute approximate surface area is 211 Å². The molecule has 1 aromatic heterocycles. The highest BCUT2D eigenvalue weighted by Crippen LogP contribution is 2.29. The van der Waals surface area contributed by atoms with E-state index in [4.69, 9.17) is 17.3 Å². The fraction of sp³-hybridized carbons (Fsp3) is 0.310. The predicted octanol–water partition coefficient (Wildman–Crippen LogP) is 5.11. The first kappa shape index (κ1) is 24.9. The molecule has 3 N–H and O–H groups in total. The molecule has 0 fully saturated rings. The van der Waals surface area contributed by atoms with E-state index in [1.165, 1.54) is 0 Å². The number of aliphatic hydroxyl groups is 1. The van der Waals surface area contributed by atoms with E-state index >= 15 is 0 Å². The first-order valence-electron chi connectivity index (χ1n) is 12.0. The zero-order chi connectivity index (χ0) is 24.9. The van der Waals surface area contributed by atoms with Crippen LogP contribution in [0.5, 0.6) is 0 Å². The third-order valence-electron chi connectivity index (χ3n) is 6.54. The topological polar surface area (TPSA) is 79.5 Å². The number of nitrogen functional groups attached to an aromatic ring is 1. The highest BCUT2D eigenvalue weighted by Gasteiger charge is 2.20. The van der Waals surface area contributed by atoms with Crippen LogP contribution in [0.1, 0.15) is 59.3 Å². The molecule has 2 aromatic carbocycles. The molecule has 3 aromatic rings. The fourth-order valence-electron chi connectivity index (χ4n) is 4.50. The van der Waals surface area contributed by atoms with Crippen LogP contribution in [0.15, 0.2) is 42.6 Å². The van der Waals surface area contributed by atoms with Gasteiger partial charge in [0.15, 0.2) is 5.78 Å². The summed E-state index contributed by atoms with van der Waals surface area (Å²) in [5, 5.41) is 12.8. The molecule has 0 spiro atoms. The lowest BCUT2D eigenvalue weighted by atomic mass is 9.93. The SMILES string of the molecule is CCN(CC)CC(O)CCC(=O)c1ccc(C#Cc2c(N)ncc3ccc(Cl)cc23)c2c1CC=C2. The summed E-state index contributed by atoms with van der Waals surface area (Å²) in [6.45, 7) is 6.50. The van der Waals surface area contributed by atoms with Crippen LogP contribution in [-0.4, -0.2) is 46.5 Å². The highest BCUT2D eigenvalue weighted by atomic mass is 35.5. The number of hydrogen-bond acceptors (Lipinski definition) is 5. The van der Waals surface area contributed by atoms with Crippen LogP contribution in [-0.2, 0) is 6.42 Å². The van der Waals surface area contributed by atoms with Gasteiger partial charge in [-0.3, -0.25) is 4.79 Å². The number of carbonyl (C=O) groups is 1. The molecular formula is C29H30ClN3O2. The van der Waals surface area contributed by atoms with Gasteiger partial charge in [-0.15, -0.1) is 0 Å². The maximum absolute atomic E-state index is 13.0. The molecule has 0 aliphatic heterocycles. The summed E-state index contributed by atoms with van der Waals surface area (Å²) in [6, 6.07) is 9.31. The molecule has 0 saturated heterocycles. The number of aromatic nitrogens is 1. The number of carbonyl (C=O) groups excluding carboxylic acids is 1. The number of fused-ring (bicyclic) bond motifs is 2. The van der Waals surface area contributed by atoms with Gasteiger partial charge in [-0.2, -0.15) is 0 Å². The Kier molecular flexibility index (Phi) is 7.87. The van der Waals surface area contributed by atoms with Gasteiger partial charge >= 0.3 is 0 Å². The van der Waals surface area contributed by atoms with Crippen LogP contribution in [0.3, 0.4) is 0 Å². The van der Waals surface area contributed by atoms with Crippen molar-refractivity contribution in [3.05, 3.63) is 75.4 Å². The Morgan fingerprint density at radius 2 is 2.03 bits per heavy atom. The predicted molar refractivity (Wildman–Crippen MR) is 144 cm³/mol. The van der Waals surface area contributed by atoms with Crippen molar-refractivity contribution in [2.45, 2.75) is 39.2 Å². The van der Waals surface area contributed by atoms with Crippen molar-refractivity contribution >= 4 is 40.1 Å². The van der Waals surface area contributed by atoms with E-state index in [1.54, 1.807) is 6.20 Å². The zero-order valence-corrected chi connectivity index (χ0v) is 20.9. The van der Waals surface area contributed by atoms with E-state index in [0.717, 1.165) is 40.6 Å². The molecule has 4 rings (SSSR count). The molecule has 1 heterocycles. The number of halogens is 1. The number of benzene rings is 2. The molecule has 6 heteroatoms. The Hall–Kier alpha value is -3.17. The van der Waals surface area contributed by atoms with Crippen molar-refractivity contribution in [2.75, 3.05) is 25.4 Å². The number of Topliss-reactive ketones (excluding diaryl/α,β-unsaturated/α-hetero) is 1. The van der Waals surface area contributed by atoms with Gasteiger partial charge in [0.2, 0.25) is 0 Å². The lowest BCUT2D eigenvalue weighted by molar-refractivity contribution is 0.0876. The summed E-state index contributed by atoms with van der Waals surface area (Å²) in [5.74, 6) is 6.85. The standard InChI is InChI=1S/C29H30ClN3O2/c1-3-33(4-2)18-22(34)12-15-28(35)25-13-9-19(23-6-5-7-24(23)25)10-14-26-27-16-21(30)11-8-20(27)17-32-29(26)31/h5-6,8-9,11,13,16-17,22,34H,3-4,7,12,15,18H2,1-2H3,(H2,31,32). The van der Waals surface area contributed by atoms with Gasteiger partial charge in [0, 0.05) is 46.1 Å². The highest BCUT2D eigenvalue weighted by molar-refractivity contribution is 6.31. The van der Waals surface area contributed by atoms with E-state index in [-0.39, 0.29) is 5.78 Å². The molecule has 0 bridgehead atoms. The van der Waals surface area contributed by atoms with Crippen molar-refractivity contribution in [1.82, 2.24) is 9.88 Å². The summed E-state index contributed by atoms with van der Waals surface area (Å²) < 4.78 is 0. The number of aliphatic hydroxyl groups excluding tert-OH is 1. The van der Waals surface area contributed by atoms with Crippen molar-refractivity contribution in [3.8, 4) is 11.8 Å². The maximum Gasteiger partial charge on any atom is 0.163 e. The summed E-state index contributed by atoms with van der Waals surface area (Å²) in [4.78, 5) is 19.5. The quantitative estimate of drug-likeness (QED) is 0.341. The maximum atomic E-state index is 13.0. The average molecular weight is 488 g/mol. The summed E-state index contributed by atoms with van der Waals surface area (Å²) in [6.07, 6.45) is 6.74. The minimum absolute atomic E-state index is 0.0557. The second-order valence-electron chi connectivity index (χ2n) is 8.76. The molecule has 1 unspecified atom stereocenters. The molecule has 0 amide bonds. The van der Waals surface area contributed by atoms with Crippen LogP contribution < -0.4 is 5.73 Å². The van der Waals surface area contributed by atoms with Crippen molar-refractivity contribution < 1.29 is 9.90 Å². The molecule has 1 atom stereocenters. The minimum Gasteiger partial charge on any atom is -0.392 e. The van der Waals surface area contributed by atoms with Gasteiger partial charge in [-0.25, -0.2) is 4.98 Å². The number of likely N-dealkylation sites (N-methyl/N-ethyl adjacent to an activating group) is 1. The van der Waals surface area contributed by atoms with Crippen LogP contribution in [0.2, 0.25) is 5.02 Å². The number of anilines is 1. The van der Waals surface area contributed by atoms with Crippen molar-refractivity contribution in [2.24, 2.45) is 0 Å². The van der Waals surface area contributed by atoms with Crippen molar-refractivity contribution in [1.29, 1.82) is 0 Å². The van der Waals surface area contributed by atoms with Gasteiger partial charge in [0.05, 0.1) is 11.7 Å². The third-order valence-corrected chi connectivity index (χ3v) is 6.77. The lowest BCUT2D eigenvalue weighted by Gasteiger charge is -2.21. The molecule has 35 heavy (non-hydrogen) atoms. The number of hydrogen-bond donors (Lipinski definition) is 2. The molecule has 180 valence electrons. The van der Waals surface area contributed by atoms with Gasteiger partial charge in [0.1, 0.15) is 5.82 Å². The first-order chi connectivity index (χ1) is 16.9. The smallest absolute Gasteiger partial charge is 0.163 e. The van der Waals surface area contributed by atoms with E-state index in [1.807, 2.05) is 36.4 Å². The Morgan fingerprint density at radius 3 is 2.80 bits per heavy atom. The summed E-state index contributed by atoms with van der Waals surface area (Å²) >= 11 is 6.20. The van der Waals surface area contributed by atoms with E-state index in [0.29, 0.717) is 47.8 Å². The summed E-state index contributed by atoms with van der Waals surface area (Å²) in [5.41, 5.74) is 10.3. The van der Waals surface area contributed by atoms with E-state index < -0.39 is 6.10 Å². The Morgan fingerprint density at radius 1 is 1.23 bits per heavy atom. The molecule has 1 aliphatic rings. The minimum atomic E-state index is -0.511. The summed E-state index contributed by atoms with van der Waals surface area (Å²) in [7, 11) is 0. The molecule has 0 radical (unpaired) electrons. The van der Waals surface area contributed by atoms with Crippen LogP contribution in [0.25, 0.3) is 16.8 Å². The first-order valence-corrected chi connectivity index (χ1v) is 12.4. The largest absolute Gasteiger partial charge is 0.392 e. The zero-order valence-electron chi connectivity index (χ0n) is 20.1. The molecule has 1 aliphatic carbocycles. The number of nitrogens with two attached hydrogens (primary N) is 1. The van der Waals surface area contributed by atoms with Crippen LogP contribution in [0, 0.1) is 11.8 Å². The van der Waals surface area contributed by atoms with E-state index in [9.17, 15) is 9.90 Å². The third kappa shape index (κ3) is 5.57. The number of rotatable bonds is 8. The van der Waals surface area contributed by atoms with E-state index in [2.05, 4.69) is 41.6 Å². The average Bonchev–Trinajstić information content (AvgIpc) is 3.35. The number of ketones is 1. The second-order valence-corrected chi connectivity index (χ2v) is 9.20. The lowest BCUT2D eigenvalue weighted by Crippen LogP contribution is -2.32. The van der Waals surface area contributed by atoms with Crippen LogP contribution >= 0.6 is 11.6 Å². The van der Waals surface area contributed by atoms with Gasteiger partial charge in [-0.05, 0) is 61.3 Å². The van der Waals surface area contributed by atoms with Gasteiger partial charge < -0.3 is 15.7 Å². The Balaban J connectivity index is 1.58. The normalized spacial score (nSPS) is 13.1. The Bertz CT molecular complexity index is 1340. The van der Waals surface area contributed by atoms with Gasteiger partial charge in [-0.1, -0.05) is 55.5 Å². The molecule has 0 saturated carbocycles.